The molecule has 1 aliphatic carbocycles. The van der Waals surface area contributed by atoms with E-state index < -0.39 is 5.24 Å². The van der Waals surface area contributed by atoms with Crippen LogP contribution < -0.4 is 0 Å². The molecule has 17 heavy (non-hydrogen) atoms. The largest absolute Gasteiger partial charge is 0.276 e. The van der Waals surface area contributed by atoms with Crippen LogP contribution in [0, 0.1) is 5.82 Å². The van der Waals surface area contributed by atoms with Crippen LogP contribution >= 0.6 is 11.6 Å². The smallest absolute Gasteiger partial charge is 0.245 e. The fourth-order valence-electron chi connectivity index (χ4n) is 2.53. The van der Waals surface area contributed by atoms with E-state index in [1.54, 1.807) is 0 Å². The summed E-state index contributed by atoms with van der Waals surface area (Å²) in [5, 5.41) is -0.493. The quantitative estimate of drug-likeness (QED) is 0.580. The molecule has 3 heteroatoms. The van der Waals surface area contributed by atoms with Crippen molar-refractivity contribution in [3.8, 4) is 0 Å². The first kappa shape index (κ1) is 12.3. The van der Waals surface area contributed by atoms with Gasteiger partial charge in [-0.15, -0.1) is 0 Å². The van der Waals surface area contributed by atoms with E-state index in [1.165, 1.54) is 18.2 Å². The molecule has 0 aromatic heterocycles. The topological polar surface area (TPSA) is 17.1 Å². The van der Waals surface area contributed by atoms with Crippen molar-refractivity contribution in [1.82, 2.24) is 0 Å². The van der Waals surface area contributed by atoms with Gasteiger partial charge in [-0.25, -0.2) is 4.39 Å². The second-order valence-electron chi connectivity index (χ2n) is 4.39. The molecule has 0 heterocycles. The monoisotopic (exact) mass is 252 g/mol. The molecule has 0 amide bonds. The van der Waals surface area contributed by atoms with E-state index in [4.69, 9.17) is 11.6 Å². The van der Waals surface area contributed by atoms with Gasteiger partial charge in [0.15, 0.2) is 0 Å². The fourth-order valence-corrected chi connectivity index (χ4v) is 2.66. The molecule has 1 unspecified atom stereocenters. The second-order valence-corrected chi connectivity index (χ2v) is 4.77. The highest BCUT2D eigenvalue weighted by atomic mass is 35.5. The number of allylic oxidation sites excluding steroid dienone is 2. The van der Waals surface area contributed by atoms with E-state index >= 15 is 0 Å². The lowest BCUT2D eigenvalue weighted by molar-refractivity contribution is -0.107. The molecule has 1 aromatic rings. The average molecular weight is 253 g/mol. The number of benzene rings is 1. The van der Waals surface area contributed by atoms with Crippen molar-refractivity contribution in [3.63, 3.8) is 0 Å². The van der Waals surface area contributed by atoms with Gasteiger partial charge in [-0.1, -0.05) is 19.4 Å². The molecule has 0 spiro atoms. The SMILES string of the molecule is CCCC1C/C(=C/C(=O)Cl)c2cc(F)ccc21. The molecule has 1 atom stereocenters. The number of rotatable bonds is 3. The number of halogens is 2. The zero-order chi connectivity index (χ0) is 12.4. The summed E-state index contributed by atoms with van der Waals surface area (Å²) in [6, 6.07) is 4.80. The van der Waals surface area contributed by atoms with Gasteiger partial charge in [0.05, 0.1) is 0 Å². The Balaban J connectivity index is 2.44. The molecule has 0 aliphatic heterocycles. The van der Waals surface area contributed by atoms with Crippen molar-refractivity contribution >= 4 is 22.4 Å². The number of hydrogen-bond donors (Lipinski definition) is 0. The summed E-state index contributed by atoms with van der Waals surface area (Å²) >= 11 is 5.38. The predicted molar refractivity (Wildman–Crippen MR) is 67.5 cm³/mol. The van der Waals surface area contributed by atoms with Crippen molar-refractivity contribution in [1.29, 1.82) is 0 Å². The standard InChI is InChI=1S/C14H14ClFO/c1-2-3-9-6-10(7-14(15)17)13-8-11(16)4-5-12(9)13/h4-5,7-9H,2-3,6H2,1H3/b10-7-. The molecule has 90 valence electrons. The van der Waals surface area contributed by atoms with Crippen LogP contribution in [0.3, 0.4) is 0 Å². The molecule has 0 saturated carbocycles. The van der Waals surface area contributed by atoms with Crippen LogP contribution in [0.25, 0.3) is 5.57 Å². The summed E-state index contributed by atoms with van der Waals surface area (Å²) in [5.74, 6) is 0.117. The number of fused-ring (bicyclic) bond motifs is 1. The van der Waals surface area contributed by atoms with Crippen LogP contribution in [-0.2, 0) is 4.79 Å². The van der Waals surface area contributed by atoms with E-state index in [2.05, 4.69) is 6.92 Å². The maximum Gasteiger partial charge on any atom is 0.245 e. The van der Waals surface area contributed by atoms with Crippen LogP contribution in [0.2, 0.25) is 0 Å². The molecular formula is C14H14ClFO. The van der Waals surface area contributed by atoms with Gasteiger partial charge in [-0.2, -0.15) is 0 Å². The summed E-state index contributed by atoms with van der Waals surface area (Å²) in [5.41, 5.74) is 2.84. The Morgan fingerprint density at radius 2 is 2.35 bits per heavy atom. The van der Waals surface area contributed by atoms with Gasteiger partial charge >= 0.3 is 0 Å². The van der Waals surface area contributed by atoms with E-state index in [0.717, 1.165) is 36.0 Å². The van der Waals surface area contributed by atoms with Gasteiger partial charge in [0.1, 0.15) is 5.82 Å². The van der Waals surface area contributed by atoms with E-state index in [-0.39, 0.29) is 5.82 Å². The Hall–Kier alpha value is -1.15. The molecule has 0 radical (unpaired) electrons. The summed E-state index contributed by atoms with van der Waals surface area (Å²) in [6.07, 6.45) is 4.32. The number of carbonyl (C=O) groups excluding carboxylic acids is 1. The highest BCUT2D eigenvalue weighted by Crippen LogP contribution is 2.43. The minimum absolute atomic E-state index is 0.270. The number of hydrogen-bond acceptors (Lipinski definition) is 1. The Bertz CT molecular complexity index is 479. The molecule has 1 nitrogen and oxygen atoms in total. The third kappa shape index (κ3) is 2.58. The predicted octanol–water partition coefficient (Wildman–Crippen LogP) is 4.26. The first-order valence-corrected chi connectivity index (χ1v) is 6.19. The normalized spacial score (nSPS) is 20.6. The van der Waals surface area contributed by atoms with Crippen molar-refractivity contribution in [2.45, 2.75) is 32.1 Å². The van der Waals surface area contributed by atoms with Crippen LogP contribution in [0.5, 0.6) is 0 Å². The lowest BCUT2D eigenvalue weighted by Crippen LogP contribution is -1.92. The Morgan fingerprint density at radius 1 is 1.59 bits per heavy atom. The van der Waals surface area contributed by atoms with Gasteiger partial charge < -0.3 is 0 Å². The van der Waals surface area contributed by atoms with Gasteiger partial charge in [0, 0.05) is 6.08 Å². The fraction of sp³-hybridized carbons (Fsp3) is 0.357. The summed E-state index contributed by atoms with van der Waals surface area (Å²) in [7, 11) is 0. The van der Waals surface area contributed by atoms with Crippen LogP contribution in [0.1, 0.15) is 43.2 Å². The lowest BCUT2D eigenvalue weighted by atomic mass is 9.97. The average Bonchev–Trinajstić information content (AvgIpc) is 2.56. The molecule has 0 bridgehead atoms. The van der Waals surface area contributed by atoms with Gasteiger partial charge in [0.2, 0.25) is 5.24 Å². The zero-order valence-corrected chi connectivity index (χ0v) is 10.4. The first-order valence-electron chi connectivity index (χ1n) is 5.81. The van der Waals surface area contributed by atoms with Gasteiger partial charge in [-0.3, -0.25) is 4.79 Å². The van der Waals surface area contributed by atoms with Gasteiger partial charge in [0.25, 0.3) is 0 Å². The van der Waals surface area contributed by atoms with Gasteiger partial charge in [-0.05, 0) is 59.2 Å². The molecule has 2 rings (SSSR count). The zero-order valence-electron chi connectivity index (χ0n) is 9.67. The van der Waals surface area contributed by atoms with E-state index in [0.29, 0.717) is 5.92 Å². The third-order valence-corrected chi connectivity index (χ3v) is 3.30. The van der Waals surface area contributed by atoms with Crippen molar-refractivity contribution in [2.24, 2.45) is 0 Å². The molecule has 0 fully saturated rings. The van der Waals surface area contributed by atoms with Crippen LogP contribution in [0.4, 0.5) is 4.39 Å². The van der Waals surface area contributed by atoms with Crippen LogP contribution in [-0.4, -0.2) is 5.24 Å². The summed E-state index contributed by atoms with van der Waals surface area (Å²) < 4.78 is 13.2. The minimum atomic E-state index is -0.493. The molecule has 1 aromatic carbocycles. The van der Waals surface area contributed by atoms with Crippen molar-refractivity contribution in [2.75, 3.05) is 0 Å². The molecular weight excluding hydrogens is 239 g/mol. The van der Waals surface area contributed by atoms with Crippen molar-refractivity contribution in [3.05, 3.63) is 41.2 Å². The maximum absolute atomic E-state index is 13.2. The van der Waals surface area contributed by atoms with E-state index in [9.17, 15) is 9.18 Å². The Morgan fingerprint density at radius 3 is 3.00 bits per heavy atom. The Kier molecular flexibility index (Phi) is 3.63. The summed E-state index contributed by atoms with van der Waals surface area (Å²) in [4.78, 5) is 11.0. The second kappa shape index (κ2) is 5.01. The minimum Gasteiger partial charge on any atom is -0.276 e. The van der Waals surface area contributed by atoms with Crippen molar-refractivity contribution < 1.29 is 9.18 Å². The lowest BCUT2D eigenvalue weighted by Gasteiger charge is -2.08. The highest BCUT2D eigenvalue weighted by molar-refractivity contribution is 6.67. The molecule has 0 saturated heterocycles. The molecule has 0 N–H and O–H groups in total. The van der Waals surface area contributed by atoms with Crippen LogP contribution in [0.15, 0.2) is 24.3 Å². The van der Waals surface area contributed by atoms with E-state index in [1.807, 2.05) is 6.07 Å². The third-order valence-electron chi connectivity index (χ3n) is 3.19. The first-order chi connectivity index (χ1) is 8.11. The Labute approximate surface area is 105 Å². The highest BCUT2D eigenvalue weighted by Gasteiger charge is 2.26. The number of carbonyl (C=O) groups is 1. The maximum atomic E-state index is 13.2. The molecule has 1 aliphatic rings. The summed E-state index contributed by atoms with van der Waals surface area (Å²) in [6.45, 7) is 2.12.